The van der Waals surface area contributed by atoms with Gasteiger partial charge in [0.05, 0.1) is 4.92 Å². The van der Waals surface area contributed by atoms with Crippen LogP contribution in [0.25, 0.3) is 0 Å². The van der Waals surface area contributed by atoms with Crippen LogP contribution in [0.5, 0.6) is 0 Å². The molecular formula is C23H19N3O4. The lowest BCUT2D eigenvalue weighted by Crippen LogP contribution is -2.45. The van der Waals surface area contributed by atoms with Crippen LogP contribution in [0.3, 0.4) is 0 Å². The fourth-order valence-electron chi connectivity index (χ4n) is 3.60. The number of benzene rings is 3. The average molecular weight is 401 g/mol. The van der Waals surface area contributed by atoms with Crippen LogP contribution in [0.2, 0.25) is 0 Å². The standard InChI is InChI=1S/C23H19N3O4/c27-22(24-18-10-12-19(13-11-18)26(29)30)21(14-16-6-2-1-3-7-16)25-15-17-8-4-5-9-20(17)23(25)28/h1-13,21H,14-15H2,(H,24,27)/t21-/m0/s1. The van der Waals surface area contributed by atoms with E-state index in [1.54, 1.807) is 11.0 Å². The zero-order valence-electron chi connectivity index (χ0n) is 16.0. The van der Waals surface area contributed by atoms with Crippen molar-refractivity contribution in [2.24, 2.45) is 0 Å². The molecule has 1 aliphatic heterocycles. The van der Waals surface area contributed by atoms with Crippen LogP contribution in [0.4, 0.5) is 11.4 Å². The van der Waals surface area contributed by atoms with Crippen LogP contribution in [0, 0.1) is 10.1 Å². The maximum atomic E-state index is 13.2. The van der Waals surface area contributed by atoms with Gasteiger partial charge in [0.25, 0.3) is 11.6 Å². The van der Waals surface area contributed by atoms with Crippen LogP contribution in [0.15, 0.2) is 78.9 Å². The number of carbonyl (C=O) groups excluding carboxylic acids is 2. The molecule has 0 fully saturated rings. The summed E-state index contributed by atoms with van der Waals surface area (Å²) in [6.07, 6.45) is 0.360. The first kappa shape index (κ1) is 19.3. The quantitative estimate of drug-likeness (QED) is 0.502. The first-order valence-electron chi connectivity index (χ1n) is 9.51. The van der Waals surface area contributed by atoms with Gasteiger partial charge in [0.2, 0.25) is 5.91 Å². The zero-order valence-corrected chi connectivity index (χ0v) is 16.0. The summed E-state index contributed by atoms with van der Waals surface area (Å²) >= 11 is 0. The summed E-state index contributed by atoms with van der Waals surface area (Å²) < 4.78 is 0. The number of nitro groups is 1. The number of nitrogens with zero attached hydrogens (tertiary/aromatic N) is 2. The van der Waals surface area contributed by atoms with Crippen LogP contribution in [0.1, 0.15) is 21.5 Å². The van der Waals surface area contributed by atoms with Crippen molar-refractivity contribution in [3.63, 3.8) is 0 Å². The van der Waals surface area contributed by atoms with Crippen molar-refractivity contribution in [1.82, 2.24) is 4.90 Å². The van der Waals surface area contributed by atoms with Gasteiger partial charge in [0.1, 0.15) is 6.04 Å². The summed E-state index contributed by atoms with van der Waals surface area (Å²) in [4.78, 5) is 38.1. The molecule has 1 atom stereocenters. The number of hydrogen-bond donors (Lipinski definition) is 1. The molecule has 1 heterocycles. The van der Waals surface area contributed by atoms with Gasteiger partial charge in [-0.15, -0.1) is 0 Å². The van der Waals surface area contributed by atoms with E-state index in [0.717, 1.165) is 11.1 Å². The molecule has 3 aromatic carbocycles. The number of nitro benzene ring substituents is 1. The number of carbonyl (C=O) groups is 2. The molecule has 4 rings (SSSR count). The number of nitrogens with one attached hydrogen (secondary N) is 1. The van der Waals surface area contributed by atoms with Crippen molar-refractivity contribution in [1.29, 1.82) is 0 Å². The van der Waals surface area contributed by atoms with Gasteiger partial charge in [0, 0.05) is 36.3 Å². The van der Waals surface area contributed by atoms with Crippen LogP contribution in [-0.2, 0) is 17.8 Å². The van der Waals surface area contributed by atoms with Crippen molar-refractivity contribution in [2.75, 3.05) is 5.32 Å². The molecule has 0 bridgehead atoms. The Bertz CT molecular complexity index is 1100. The lowest BCUT2D eigenvalue weighted by Gasteiger charge is -2.27. The molecule has 7 heteroatoms. The van der Waals surface area contributed by atoms with Crippen LogP contribution < -0.4 is 5.32 Å². The van der Waals surface area contributed by atoms with E-state index in [-0.39, 0.29) is 17.5 Å². The topological polar surface area (TPSA) is 92.5 Å². The van der Waals surface area contributed by atoms with Gasteiger partial charge in [-0.25, -0.2) is 0 Å². The van der Waals surface area contributed by atoms with Gasteiger partial charge in [0.15, 0.2) is 0 Å². The highest BCUT2D eigenvalue weighted by Crippen LogP contribution is 2.26. The Morgan fingerprint density at radius 2 is 1.67 bits per heavy atom. The highest BCUT2D eigenvalue weighted by molar-refractivity contribution is 6.03. The van der Waals surface area contributed by atoms with E-state index < -0.39 is 11.0 Å². The zero-order chi connectivity index (χ0) is 21.1. The first-order chi connectivity index (χ1) is 14.5. The summed E-state index contributed by atoms with van der Waals surface area (Å²) in [7, 11) is 0. The third-order valence-electron chi connectivity index (χ3n) is 5.15. The Kier molecular flexibility index (Phi) is 5.26. The molecule has 0 saturated carbocycles. The molecule has 0 unspecified atom stereocenters. The molecule has 0 spiro atoms. The average Bonchev–Trinajstić information content (AvgIpc) is 3.09. The Hall–Kier alpha value is -4.00. The minimum Gasteiger partial charge on any atom is -0.324 e. The molecule has 150 valence electrons. The minimum atomic E-state index is -0.720. The van der Waals surface area contributed by atoms with Gasteiger partial charge in [-0.2, -0.15) is 0 Å². The summed E-state index contributed by atoms with van der Waals surface area (Å²) in [5.74, 6) is -0.515. The molecular weight excluding hydrogens is 382 g/mol. The van der Waals surface area contributed by atoms with Gasteiger partial charge in [-0.05, 0) is 29.3 Å². The smallest absolute Gasteiger partial charge is 0.269 e. The van der Waals surface area contributed by atoms with Gasteiger partial charge in [-0.1, -0.05) is 48.5 Å². The summed E-state index contributed by atoms with van der Waals surface area (Å²) in [6, 6.07) is 21.8. The predicted molar refractivity (Wildman–Crippen MR) is 112 cm³/mol. The predicted octanol–water partition coefficient (Wildman–Crippen LogP) is 3.80. The van der Waals surface area contributed by atoms with E-state index in [9.17, 15) is 19.7 Å². The van der Waals surface area contributed by atoms with E-state index in [0.29, 0.717) is 24.2 Å². The second-order valence-corrected chi connectivity index (χ2v) is 7.09. The third kappa shape index (κ3) is 3.91. The third-order valence-corrected chi connectivity index (χ3v) is 5.15. The van der Waals surface area contributed by atoms with Crippen molar-refractivity contribution >= 4 is 23.2 Å². The molecule has 0 radical (unpaired) electrons. The molecule has 0 saturated heterocycles. The molecule has 0 aromatic heterocycles. The van der Waals surface area contributed by atoms with Crippen molar-refractivity contribution in [3.8, 4) is 0 Å². The number of amides is 2. The van der Waals surface area contributed by atoms with Crippen molar-refractivity contribution < 1.29 is 14.5 Å². The maximum absolute atomic E-state index is 13.2. The van der Waals surface area contributed by atoms with Gasteiger partial charge in [-0.3, -0.25) is 19.7 Å². The fourth-order valence-corrected chi connectivity index (χ4v) is 3.60. The summed E-state index contributed by atoms with van der Waals surface area (Å²) in [5, 5.41) is 13.6. The number of hydrogen-bond acceptors (Lipinski definition) is 4. The SMILES string of the molecule is O=C(Nc1ccc([N+](=O)[O-])cc1)[C@H](Cc1ccccc1)N1Cc2ccccc2C1=O. The van der Waals surface area contributed by atoms with E-state index >= 15 is 0 Å². The van der Waals surface area contributed by atoms with Crippen LogP contribution in [-0.4, -0.2) is 27.7 Å². The molecule has 30 heavy (non-hydrogen) atoms. The Morgan fingerprint density at radius 1 is 1.00 bits per heavy atom. The van der Waals surface area contributed by atoms with Gasteiger partial charge < -0.3 is 10.2 Å². The monoisotopic (exact) mass is 401 g/mol. The Balaban J connectivity index is 1.59. The molecule has 1 N–H and O–H groups in total. The summed E-state index contributed by atoms with van der Waals surface area (Å²) in [6.45, 7) is 0.361. The molecule has 1 aliphatic rings. The lowest BCUT2D eigenvalue weighted by atomic mass is 10.0. The number of anilines is 1. The largest absolute Gasteiger partial charge is 0.324 e. The van der Waals surface area contributed by atoms with E-state index in [1.807, 2.05) is 48.5 Å². The number of fused-ring (bicyclic) bond motifs is 1. The first-order valence-corrected chi connectivity index (χ1v) is 9.51. The molecule has 2 amide bonds. The fraction of sp³-hybridized carbons (Fsp3) is 0.130. The Labute approximate surface area is 173 Å². The minimum absolute atomic E-state index is 0.0565. The number of rotatable bonds is 6. The van der Waals surface area contributed by atoms with Crippen LogP contribution >= 0.6 is 0 Å². The highest BCUT2D eigenvalue weighted by atomic mass is 16.6. The molecule has 3 aromatic rings. The molecule has 0 aliphatic carbocycles. The highest BCUT2D eigenvalue weighted by Gasteiger charge is 2.36. The molecule has 7 nitrogen and oxygen atoms in total. The van der Waals surface area contributed by atoms with E-state index in [1.165, 1.54) is 24.3 Å². The normalized spacial score (nSPS) is 13.6. The van der Waals surface area contributed by atoms with Gasteiger partial charge >= 0.3 is 0 Å². The van der Waals surface area contributed by atoms with Crippen molar-refractivity contribution in [3.05, 3.63) is 106 Å². The second-order valence-electron chi connectivity index (χ2n) is 7.09. The van der Waals surface area contributed by atoms with Crippen molar-refractivity contribution in [2.45, 2.75) is 19.0 Å². The van der Waals surface area contributed by atoms with E-state index in [4.69, 9.17) is 0 Å². The Morgan fingerprint density at radius 3 is 2.33 bits per heavy atom. The summed E-state index contributed by atoms with van der Waals surface area (Å²) in [5.41, 5.74) is 2.82. The maximum Gasteiger partial charge on any atom is 0.269 e. The van der Waals surface area contributed by atoms with E-state index in [2.05, 4.69) is 5.32 Å². The number of non-ortho nitro benzene ring substituents is 1. The second kappa shape index (κ2) is 8.16. The lowest BCUT2D eigenvalue weighted by molar-refractivity contribution is -0.384.